The maximum absolute atomic E-state index is 12.1. The van der Waals surface area contributed by atoms with Crippen molar-refractivity contribution in [3.8, 4) is 0 Å². The molecular weight excluding hydrogens is 190 g/mol. The molecule has 15 heavy (non-hydrogen) atoms. The van der Waals surface area contributed by atoms with Gasteiger partial charge in [0.15, 0.2) is 0 Å². The van der Waals surface area contributed by atoms with Crippen molar-refractivity contribution >= 4 is 5.91 Å². The molecule has 1 fully saturated rings. The third kappa shape index (κ3) is 2.92. The lowest BCUT2D eigenvalue weighted by Gasteiger charge is -2.42. The summed E-state index contributed by atoms with van der Waals surface area (Å²) < 4.78 is 0. The molecule has 1 heterocycles. The van der Waals surface area contributed by atoms with E-state index in [4.69, 9.17) is 0 Å². The van der Waals surface area contributed by atoms with Gasteiger partial charge in [0, 0.05) is 25.7 Å². The second kappa shape index (κ2) is 4.49. The average Bonchev–Trinajstić information content (AvgIpc) is 2.12. The highest BCUT2D eigenvalue weighted by Crippen LogP contribution is 2.16. The summed E-state index contributed by atoms with van der Waals surface area (Å²) in [4.78, 5) is 16.2. The highest BCUT2D eigenvalue weighted by molar-refractivity contribution is 5.86. The van der Waals surface area contributed by atoms with Gasteiger partial charge in [-0.3, -0.25) is 4.79 Å². The summed E-state index contributed by atoms with van der Waals surface area (Å²) in [5.41, 5.74) is -0.404. The molecule has 1 rings (SSSR count). The Morgan fingerprint density at radius 1 is 1.53 bits per heavy atom. The first-order valence-corrected chi connectivity index (χ1v) is 5.55. The predicted molar refractivity (Wildman–Crippen MR) is 61.8 cm³/mol. The van der Waals surface area contributed by atoms with E-state index >= 15 is 0 Å². The molecule has 1 aliphatic heterocycles. The number of carbonyl (C=O) groups excluding carboxylic acids is 1. The SMILES string of the molecule is CC1CNC(C)(C)C(=O)N1CCN(C)C. The van der Waals surface area contributed by atoms with Crippen LogP contribution in [0.2, 0.25) is 0 Å². The molecule has 4 nitrogen and oxygen atoms in total. The minimum absolute atomic E-state index is 0.211. The van der Waals surface area contributed by atoms with Gasteiger partial charge in [-0.15, -0.1) is 0 Å². The molecule has 88 valence electrons. The number of rotatable bonds is 3. The Morgan fingerprint density at radius 3 is 2.67 bits per heavy atom. The van der Waals surface area contributed by atoms with Crippen LogP contribution in [0, 0.1) is 0 Å². The quantitative estimate of drug-likeness (QED) is 0.725. The molecule has 1 unspecified atom stereocenters. The Bertz CT molecular complexity index is 238. The Kier molecular flexibility index (Phi) is 3.73. The molecule has 0 aromatic heterocycles. The highest BCUT2D eigenvalue weighted by Gasteiger charge is 2.38. The number of hydrogen-bond acceptors (Lipinski definition) is 3. The van der Waals surface area contributed by atoms with Crippen LogP contribution in [0.25, 0.3) is 0 Å². The van der Waals surface area contributed by atoms with E-state index in [2.05, 4.69) is 17.1 Å². The van der Waals surface area contributed by atoms with E-state index in [0.29, 0.717) is 6.04 Å². The molecule has 1 aliphatic rings. The maximum atomic E-state index is 12.1. The minimum atomic E-state index is -0.404. The van der Waals surface area contributed by atoms with Gasteiger partial charge in [0.2, 0.25) is 5.91 Å². The van der Waals surface area contributed by atoms with E-state index in [0.717, 1.165) is 19.6 Å². The monoisotopic (exact) mass is 213 g/mol. The van der Waals surface area contributed by atoms with Crippen LogP contribution in [0.4, 0.5) is 0 Å². The summed E-state index contributed by atoms with van der Waals surface area (Å²) in [5.74, 6) is 0.211. The number of hydrogen-bond donors (Lipinski definition) is 1. The first kappa shape index (κ1) is 12.5. The van der Waals surface area contributed by atoms with E-state index in [9.17, 15) is 4.79 Å². The largest absolute Gasteiger partial charge is 0.336 e. The zero-order valence-corrected chi connectivity index (χ0v) is 10.5. The summed E-state index contributed by atoms with van der Waals surface area (Å²) in [7, 11) is 4.06. The summed E-state index contributed by atoms with van der Waals surface area (Å²) in [6, 6.07) is 0.297. The van der Waals surface area contributed by atoms with Gasteiger partial charge in [-0.2, -0.15) is 0 Å². The summed E-state index contributed by atoms with van der Waals surface area (Å²) in [6.07, 6.45) is 0. The lowest BCUT2D eigenvalue weighted by atomic mass is 9.98. The first-order valence-electron chi connectivity index (χ1n) is 5.55. The molecule has 0 aromatic rings. The molecule has 1 saturated heterocycles. The Hall–Kier alpha value is -0.610. The smallest absolute Gasteiger partial charge is 0.242 e. The minimum Gasteiger partial charge on any atom is -0.336 e. The van der Waals surface area contributed by atoms with Crippen molar-refractivity contribution in [2.75, 3.05) is 33.7 Å². The van der Waals surface area contributed by atoms with Crippen molar-refractivity contribution in [2.45, 2.75) is 32.4 Å². The van der Waals surface area contributed by atoms with Gasteiger partial charge in [0.25, 0.3) is 0 Å². The summed E-state index contributed by atoms with van der Waals surface area (Å²) in [5, 5.41) is 3.27. The molecule has 1 atom stereocenters. The van der Waals surface area contributed by atoms with E-state index < -0.39 is 5.54 Å². The fraction of sp³-hybridized carbons (Fsp3) is 0.909. The number of nitrogens with one attached hydrogen (secondary N) is 1. The second-order valence-electron chi connectivity index (χ2n) is 5.16. The number of amides is 1. The Morgan fingerprint density at radius 2 is 2.13 bits per heavy atom. The zero-order chi connectivity index (χ0) is 11.6. The normalized spacial score (nSPS) is 26.1. The lowest BCUT2D eigenvalue weighted by Crippen LogP contribution is -2.65. The molecule has 0 bridgehead atoms. The summed E-state index contributed by atoms with van der Waals surface area (Å²) in [6.45, 7) is 8.61. The van der Waals surface area contributed by atoms with Crippen molar-refractivity contribution in [3.63, 3.8) is 0 Å². The Labute approximate surface area is 92.6 Å². The fourth-order valence-electron chi connectivity index (χ4n) is 1.78. The molecule has 0 radical (unpaired) electrons. The standard InChI is InChI=1S/C11H23N3O/c1-9-8-12-11(2,3)10(15)14(9)7-6-13(4)5/h9,12H,6-8H2,1-5H3. The van der Waals surface area contributed by atoms with Crippen molar-refractivity contribution < 1.29 is 4.79 Å². The molecule has 1 amide bonds. The number of nitrogens with zero attached hydrogens (tertiary/aromatic N) is 2. The van der Waals surface area contributed by atoms with Crippen LogP contribution in [0.3, 0.4) is 0 Å². The van der Waals surface area contributed by atoms with Gasteiger partial charge in [0.1, 0.15) is 0 Å². The van der Waals surface area contributed by atoms with Crippen LogP contribution in [0.5, 0.6) is 0 Å². The number of piperazine rings is 1. The van der Waals surface area contributed by atoms with Gasteiger partial charge < -0.3 is 15.1 Å². The highest BCUT2D eigenvalue weighted by atomic mass is 16.2. The van der Waals surface area contributed by atoms with Gasteiger partial charge in [-0.25, -0.2) is 0 Å². The topological polar surface area (TPSA) is 35.6 Å². The lowest BCUT2D eigenvalue weighted by molar-refractivity contribution is -0.142. The van der Waals surface area contributed by atoms with Crippen LogP contribution in [-0.4, -0.2) is 61.0 Å². The Balaban J connectivity index is 2.63. The van der Waals surface area contributed by atoms with Gasteiger partial charge in [-0.05, 0) is 34.9 Å². The fourth-order valence-corrected chi connectivity index (χ4v) is 1.78. The van der Waals surface area contributed by atoms with E-state index in [-0.39, 0.29) is 5.91 Å². The third-order valence-corrected chi connectivity index (χ3v) is 2.96. The van der Waals surface area contributed by atoms with E-state index in [1.807, 2.05) is 32.8 Å². The maximum Gasteiger partial charge on any atom is 0.242 e. The molecular formula is C11H23N3O. The van der Waals surface area contributed by atoms with Crippen molar-refractivity contribution in [3.05, 3.63) is 0 Å². The van der Waals surface area contributed by atoms with Crippen molar-refractivity contribution in [1.82, 2.24) is 15.1 Å². The van der Waals surface area contributed by atoms with Crippen LogP contribution in [0.15, 0.2) is 0 Å². The number of likely N-dealkylation sites (N-methyl/N-ethyl adjacent to an activating group) is 1. The molecule has 4 heteroatoms. The van der Waals surface area contributed by atoms with Gasteiger partial charge in [0.05, 0.1) is 5.54 Å². The second-order valence-corrected chi connectivity index (χ2v) is 5.16. The van der Waals surface area contributed by atoms with Crippen molar-refractivity contribution in [2.24, 2.45) is 0 Å². The van der Waals surface area contributed by atoms with Gasteiger partial charge >= 0.3 is 0 Å². The molecule has 0 saturated carbocycles. The van der Waals surface area contributed by atoms with E-state index in [1.165, 1.54) is 0 Å². The average molecular weight is 213 g/mol. The van der Waals surface area contributed by atoms with Crippen LogP contribution in [0.1, 0.15) is 20.8 Å². The molecule has 0 aromatic carbocycles. The van der Waals surface area contributed by atoms with E-state index in [1.54, 1.807) is 0 Å². The van der Waals surface area contributed by atoms with Crippen LogP contribution in [-0.2, 0) is 4.79 Å². The summed E-state index contributed by atoms with van der Waals surface area (Å²) >= 11 is 0. The van der Waals surface area contributed by atoms with Crippen molar-refractivity contribution in [1.29, 1.82) is 0 Å². The molecule has 1 N–H and O–H groups in total. The molecule has 0 aliphatic carbocycles. The first-order chi connectivity index (χ1) is 6.84. The third-order valence-electron chi connectivity index (χ3n) is 2.96. The molecule has 0 spiro atoms. The van der Waals surface area contributed by atoms with Crippen LogP contribution >= 0.6 is 0 Å². The number of carbonyl (C=O) groups is 1. The van der Waals surface area contributed by atoms with Gasteiger partial charge in [-0.1, -0.05) is 0 Å². The van der Waals surface area contributed by atoms with Crippen LogP contribution < -0.4 is 5.32 Å². The zero-order valence-electron chi connectivity index (χ0n) is 10.5. The predicted octanol–water partition coefficient (Wildman–Crippen LogP) is 0.147.